The molecule has 0 saturated heterocycles. The molecule has 1 rings (SSSR count). The van der Waals surface area contributed by atoms with E-state index in [-0.39, 0.29) is 5.91 Å². The van der Waals surface area contributed by atoms with Crippen molar-refractivity contribution in [3.8, 4) is 0 Å². The van der Waals surface area contributed by atoms with Crippen molar-refractivity contribution < 1.29 is 9.59 Å². The summed E-state index contributed by atoms with van der Waals surface area (Å²) < 4.78 is 0. The smallest absolute Gasteiger partial charge is 0.251 e. The number of allylic oxidation sites excluding steroid dienone is 1. The summed E-state index contributed by atoms with van der Waals surface area (Å²) in [7, 11) is 3.34. The zero-order chi connectivity index (χ0) is 11.1. The molecule has 0 aromatic rings. The van der Waals surface area contributed by atoms with Crippen molar-refractivity contribution >= 4 is 33.8 Å². The average molecular weight is 243 g/mol. The Labute approximate surface area is 97.4 Å². The van der Waals surface area contributed by atoms with E-state index in [9.17, 15) is 9.59 Å². The van der Waals surface area contributed by atoms with Crippen molar-refractivity contribution in [3.63, 3.8) is 0 Å². The molecule has 1 heterocycles. The topological polar surface area (TPSA) is 37.4 Å². The monoisotopic (exact) mass is 243 g/mol. The molecule has 0 saturated carbocycles. The van der Waals surface area contributed by atoms with Gasteiger partial charge in [0.05, 0.1) is 0 Å². The van der Waals surface area contributed by atoms with Gasteiger partial charge in [0.1, 0.15) is 6.29 Å². The van der Waals surface area contributed by atoms with Gasteiger partial charge >= 0.3 is 0 Å². The molecule has 0 aromatic heterocycles. The molecule has 0 atom stereocenters. The SMILES string of the molecule is C=C1C=CC(=O)N1CCSSCCC=O. The molecule has 5 heteroatoms. The van der Waals surface area contributed by atoms with Gasteiger partial charge in [0.25, 0.3) is 5.91 Å². The minimum Gasteiger partial charge on any atom is -0.309 e. The van der Waals surface area contributed by atoms with Crippen LogP contribution in [0.4, 0.5) is 0 Å². The maximum atomic E-state index is 11.3. The van der Waals surface area contributed by atoms with E-state index in [0.29, 0.717) is 13.0 Å². The standard InChI is InChI=1S/C10H13NO2S2/c1-9-3-4-10(13)11(9)5-8-15-14-7-2-6-12/h3-4,6H,1-2,5,7-8H2. The quantitative estimate of drug-likeness (QED) is 0.388. The van der Waals surface area contributed by atoms with Gasteiger partial charge in [-0.15, -0.1) is 0 Å². The van der Waals surface area contributed by atoms with Gasteiger partial charge < -0.3 is 9.69 Å². The zero-order valence-electron chi connectivity index (χ0n) is 8.35. The van der Waals surface area contributed by atoms with Crippen molar-refractivity contribution in [1.29, 1.82) is 0 Å². The van der Waals surface area contributed by atoms with Crippen LogP contribution in [0.3, 0.4) is 0 Å². The molecule has 0 fully saturated rings. The second-order valence-electron chi connectivity index (χ2n) is 2.91. The van der Waals surface area contributed by atoms with Crippen LogP contribution in [0.1, 0.15) is 6.42 Å². The number of amides is 1. The summed E-state index contributed by atoms with van der Waals surface area (Å²) in [5.74, 6) is 1.70. The molecular weight excluding hydrogens is 230 g/mol. The maximum absolute atomic E-state index is 11.3. The number of carbonyl (C=O) groups is 2. The van der Waals surface area contributed by atoms with E-state index in [1.165, 1.54) is 6.08 Å². The minimum absolute atomic E-state index is 0.0125. The Kier molecular flexibility index (Phi) is 5.57. The van der Waals surface area contributed by atoms with Crippen molar-refractivity contribution in [2.75, 3.05) is 18.1 Å². The lowest BCUT2D eigenvalue weighted by Crippen LogP contribution is -2.25. The first-order valence-electron chi connectivity index (χ1n) is 4.62. The highest BCUT2D eigenvalue weighted by Gasteiger charge is 2.17. The van der Waals surface area contributed by atoms with Gasteiger partial charge in [-0.3, -0.25) is 4.79 Å². The van der Waals surface area contributed by atoms with Crippen LogP contribution < -0.4 is 0 Å². The summed E-state index contributed by atoms with van der Waals surface area (Å²) in [5.41, 5.74) is 0.762. The Morgan fingerprint density at radius 2 is 2.07 bits per heavy atom. The highest BCUT2D eigenvalue weighted by atomic mass is 33.1. The number of hydrogen-bond donors (Lipinski definition) is 0. The molecule has 0 bridgehead atoms. The van der Waals surface area contributed by atoms with Crippen molar-refractivity contribution in [1.82, 2.24) is 4.90 Å². The second-order valence-corrected chi connectivity index (χ2v) is 5.62. The second kappa shape index (κ2) is 6.74. The third-order valence-corrected chi connectivity index (χ3v) is 4.25. The van der Waals surface area contributed by atoms with Gasteiger partial charge in [-0.25, -0.2) is 0 Å². The van der Waals surface area contributed by atoms with Gasteiger partial charge in [0.2, 0.25) is 0 Å². The fraction of sp³-hybridized carbons (Fsp3) is 0.400. The predicted octanol–water partition coefficient (Wildman–Crippen LogP) is 1.87. The first-order chi connectivity index (χ1) is 7.25. The molecule has 0 unspecified atom stereocenters. The zero-order valence-corrected chi connectivity index (χ0v) is 9.98. The first-order valence-corrected chi connectivity index (χ1v) is 7.11. The van der Waals surface area contributed by atoms with E-state index in [1.54, 1.807) is 32.6 Å². The molecule has 0 radical (unpaired) electrons. The van der Waals surface area contributed by atoms with Crippen LogP contribution in [0.2, 0.25) is 0 Å². The van der Waals surface area contributed by atoms with Crippen LogP contribution >= 0.6 is 21.6 Å². The molecule has 1 aliphatic rings. The molecule has 0 aromatic carbocycles. The number of aldehydes is 1. The summed E-state index contributed by atoms with van der Waals surface area (Å²) in [6.45, 7) is 4.45. The lowest BCUT2D eigenvalue weighted by molar-refractivity contribution is -0.123. The lowest BCUT2D eigenvalue weighted by Gasteiger charge is -2.16. The fourth-order valence-electron chi connectivity index (χ4n) is 1.09. The fourth-order valence-corrected chi connectivity index (χ4v) is 2.99. The first kappa shape index (κ1) is 12.4. The Hall–Kier alpha value is -0.680. The van der Waals surface area contributed by atoms with Crippen LogP contribution in [0.15, 0.2) is 24.4 Å². The summed E-state index contributed by atoms with van der Waals surface area (Å²) in [5, 5.41) is 0. The highest BCUT2D eigenvalue weighted by molar-refractivity contribution is 8.76. The molecule has 3 nitrogen and oxygen atoms in total. The van der Waals surface area contributed by atoms with Gasteiger partial charge in [-0.2, -0.15) is 0 Å². The molecule has 1 amide bonds. The van der Waals surface area contributed by atoms with Crippen LogP contribution in [-0.4, -0.2) is 35.1 Å². The van der Waals surface area contributed by atoms with E-state index in [1.807, 2.05) is 0 Å². The van der Waals surface area contributed by atoms with Crippen molar-refractivity contribution in [3.05, 3.63) is 24.4 Å². The van der Waals surface area contributed by atoms with Gasteiger partial charge in [0.15, 0.2) is 0 Å². The van der Waals surface area contributed by atoms with E-state index >= 15 is 0 Å². The van der Waals surface area contributed by atoms with E-state index < -0.39 is 0 Å². The molecule has 1 aliphatic heterocycles. The predicted molar refractivity (Wildman–Crippen MR) is 65.6 cm³/mol. The molecule has 0 N–H and O–H groups in total. The van der Waals surface area contributed by atoms with Gasteiger partial charge in [0, 0.05) is 36.2 Å². The lowest BCUT2D eigenvalue weighted by atomic mass is 10.5. The average Bonchev–Trinajstić information content (AvgIpc) is 2.54. The van der Waals surface area contributed by atoms with Crippen molar-refractivity contribution in [2.45, 2.75) is 6.42 Å². The van der Waals surface area contributed by atoms with Gasteiger partial charge in [-0.1, -0.05) is 28.2 Å². The Morgan fingerprint density at radius 1 is 1.33 bits per heavy atom. The number of carbonyl (C=O) groups excluding carboxylic acids is 2. The number of hydrogen-bond acceptors (Lipinski definition) is 4. The number of rotatable bonds is 7. The molecule has 0 spiro atoms. The molecule has 15 heavy (non-hydrogen) atoms. The normalized spacial score (nSPS) is 15.1. The Bertz CT molecular complexity index is 271. The van der Waals surface area contributed by atoms with Crippen LogP contribution in [0, 0.1) is 0 Å². The highest BCUT2D eigenvalue weighted by Crippen LogP contribution is 2.22. The number of nitrogens with zero attached hydrogens (tertiary/aromatic N) is 1. The Morgan fingerprint density at radius 3 is 2.67 bits per heavy atom. The molecule has 0 aliphatic carbocycles. The third-order valence-electron chi connectivity index (χ3n) is 1.83. The van der Waals surface area contributed by atoms with Crippen molar-refractivity contribution in [2.24, 2.45) is 0 Å². The largest absolute Gasteiger partial charge is 0.309 e. The summed E-state index contributed by atoms with van der Waals surface area (Å²) in [6, 6.07) is 0. The van der Waals surface area contributed by atoms with Gasteiger partial charge in [-0.05, 0) is 6.08 Å². The maximum Gasteiger partial charge on any atom is 0.251 e. The van der Waals surface area contributed by atoms with Crippen LogP contribution in [0.25, 0.3) is 0 Å². The van der Waals surface area contributed by atoms with Crippen LogP contribution in [-0.2, 0) is 9.59 Å². The Balaban J connectivity index is 2.08. The summed E-state index contributed by atoms with van der Waals surface area (Å²) in [4.78, 5) is 23.0. The summed E-state index contributed by atoms with van der Waals surface area (Å²) >= 11 is 0. The summed E-state index contributed by atoms with van der Waals surface area (Å²) in [6.07, 6.45) is 4.77. The van der Waals surface area contributed by atoms with Crippen LogP contribution in [0.5, 0.6) is 0 Å². The minimum atomic E-state index is 0.0125. The third kappa shape index (κ3) is 4.13. The van der Waals surface area contributed by atoms with E-state index in [4.69, 9.17) is 0 Å². The molecule has 82 valence electrons. The molecular formula is C10H13NO2S2. The van der Waals surface area contributed by atoms with E-state index in [2.05, 4.69) is 6.58 Å². The van der Waals surface area contributed by atoms with E-state index in [0.717, 1.165) is 23.5 Å².